The van der Waals surface area contributed by atoms with Crippen molar-refractivity contribution in [1.82, 2.24) is 0 Å². The number of hydrogen-bond acceptors (Lipinski definition) is 13. The fourth-order valence-electron chi connectivity index (χ4n) is 12.5. The molecule has 1 heterocycles. The molecule has 6 rings (SSSR count). The van der Waals surface area contributed by atoms with E-state index in [1.807, 2.05) is 0 Å². The van der Waals surface area contributed by atoms with Crippen LogP contribution < -0.4 is 0 Å². The maximum atomic E-state index is 12.6. The average Bonchev–Trinajstić information content (AvgIpc) is 3.57. The van der Waals surface area contributed by atoms with Crippen molar-refractivity contribution in [1.29, 1.82) is 0 Å². The third-order valence-electron chi connectivity index (χ3n) is 15.2. The third kappa shape index (κ3) is 7.32. The number of rotatable bonds is 12. The summed E-state index contributed by atoms with van der Waals surface area (Å²) in [7, 11) is 2.94. The first-order chi connectivity index (χ1) is 25.0. The van der Waals surface area contributed by atoms with E-state index in [0.717, 1.165) is 19.3 Å². The third-order valence-corrected chi connectivity index (χ3v) is 15.2. The average molecular weight is 757 g/mol. The van der Waals surface area contributed by atoms with Crippen LogP contribution in [0.5, 0.6) is 0 Å². The first-order valence-electron chi connectivity index (χ1n) is 20.1. The zero-order chi connectivity index (χ0) is 38.6. The second-order valence-electron chi connectivity index (χ2n) is 18.3. The minimum Gasteiger partial charge on any atom is -0.396 e. The molecular weight excluding hydrogens is 688 g/mol. The quantitative estimate of drug-likeness (QED) is 0.132. The Morgan fingerprint density at radius 2 is 1.55 bits per heavy atom. The lowest BCUT2D eigenvalue weighted by Gasteiger charge is -2.66. The summed E-state index contributed by atoms with van der Waals surface area (Å²) in [4.78, 5) is 0. The molecule has 5 saturated carbocycles. The molecule has 0 aromatic rings. The van der Waals surface area contributed by atoms with Crippen LogP contribution in [0.3, 0.4) is 0 Å². The lowest BCUT2D eigenvalue weighted by Crippen LogP contribution is -2.70. The number of aliphatic hydroxyl groups is 8. The molecule has 0 spiro atoms. The summed E-state index contributed by atoms with van der Waals surface area (Å²) in [6.45, 7) is 8.79. The summed E-state index contributed by atoms with van der Waals surface area (Å²) in [6.07, 6.45) is -0.409. The lowest BCUT2D eigenvalue weighted by molar-refractivity contribution is -0.303. The molecule has 21 unspecified atom stereocenters. The van der Waals surface area contributed by atoms with E-state index in [1.54, 1.807) is 0 Å². The van der Waals surface area contributed by atoms with Gasteiger partial charge in [0.25, 0.3) is 0 Å². The molecule has 21 atom stereocenters. The van der Waals surface area contributed by atoms with E-state index in [2.05, 4.69) is 39.8 Å². The maximum Gasteiger partial charge on any atom is 0.187 e. The molecular formula is C40H68O13. The van der Waals surface area contributed by atoms with Gasteiger partial charge in [-0.05, 0) is 79.4 Å². The van der Waals surface area contributed by atoms with Crippen molar-refractivity contribution in [2.24, 2.45) is 52.3 Å². The number of aliphatic hydroxyl groups excluding tert-OH is 7. The SMILES string of the molecule is COC1COC(OC2C(OCC(C)CC=CC(C)C3CC(O)C4C3(C)CCC3C5(C)CCC(O)C(O)C5C(O)CC34O)CC(CO)C2O)C(OC)C1O. The van der Waals surface area contributed by atoms with Crippen LogP contribution in [-0.2, 0) is 23.7 Å². The van der Waals surface area contributed by atoms with Gasteiger partial charge in [-0.15, -0.1) is 0 Å². The molecule has 13 nitrogen and oxygen atoms in total. The molecule has 1 saturated heterocycles. The number of fused-ring (bicyclic) bond motifs is 5. The van der Waals surface area contributed by atoms with Crippen molar-refractivity contribution in [3.63, 3.8) is 0 Å². The summed E-state index contributed by atoms with van der Waals surface area (Å²) in [5, 5.41) is 88.6. The van der Waals surface area contributed by atoms with Crippen LogP contribution in [0.2, 0.25) is 0 Å². The van der Waals surface area contributed by atoms with Gasteiger partial charge in [-0.1, -0.05) is 39.8 Å². The summed E-state index contributed by atoms with van der Waals surface area (Å²) >= 11 is 0. The number of ether oxygens (including phenoxy) is 5. The molecule has 0 radical (unpaired) electrons. The summed E-state index contributed by atoms with van der Waals surface area (Å²) in [6, 6.07) is 0. The van der Waals surface area contributed by atoms with Gasteiger partial charge in [-0.3, -0.25) is 0 Å². The maximum absolute atomic E-state index is 12.6. The molecule has 53 heavy (non-hydrogen) atoms. The fraction of sp³-hybridized carbons (Fsp3) is 0.950. The Balaban J connectivity index is 1.06. The first kappa shape index (κ1) is 41.8. The highest BCUT2D eigenvalue weighted by atomic mass is 16.7. The van der Waals surface area contributed by atoms with E-state index in [1.165, 1.54) is 14.2 Å². The van der Waals surface area contributed by atoms with E-state index in [4.69, 9.17) is 23.7 Å². The zero-order valence-electron chi connectivity index (χ0n) is 32.4. The van der Waals surface area contributed by atoms with E-state index in [9.17, 15) is 40.9 Å². The van der Waals surface area contributed by atoms with Crippen LogP contribution in [0.25, 0.3) is 0 Å². The van der Waals surface area contributed by atoms with Crippen LogP contribution in [0.1, 0.15) is 79.1 Å². The van der Waals surface area contributed by atoms with Crippen molar-refractivity contribution < 1.29 is 64.5 Å². The zero-order valence-corrected chi connectivity index (χ0v) is 32.4. The second-order valence-corrected chi connectivity index (χ2v) is 18.3. The molecule has 13 heteroatoms. The molecule has 0 aromatic carbocycles. The van der Waals surface area contributed by atoms with E-state index in [-0.39, 0.29) is 48.7 Å². The van der Waals surface area contributed by atoms with Gasteiger partial charge >= 0.3 is 0 Å². The van der Waals surface area contributed by atoms with Gasteiger partial charge < -0.3 is 64.5 Å². The smallest absolute Gasteiger partial charge is 0.187 e. The minimum absolute atomic E-state index is 0.0906. The van der Waals surface area contributed by atoms with Crippen molar-refractivity contribution in [2.75, 3.05) is 34.0 Å². The normalized spacial score (nSPS) is 52.6. The highest BCUT2D eigenvalue weighted by Gasteiger charge is 2.71. The summed E-state index contributed by atoms with van der Waals surface area (Å²) < 4.78 is 29.1. The van der Waals surface area contributed by atoms with Crippen LogP contribution in [0.15, 0.2) is 12.2 Å². The van der Waals surface area contributed by atoms with E-state index >= 15 is 0 Å². The van der Waals surface area contributed by atoms with Crippen molar-refractivity contribution >= 4 is 0 Å². The predicted molar refractivity (Wildman–Crippen MR) is 192 cm³/mol. The lowest BCUT2D eigenvalue weighted by atomic mass is 9.41. The van der Waals surface area contributed by atoms with Crippen LogP contribution in [0.4, 0.5) is 0 Å². The Morgan fingerprint density at radius 1 is 0.830 bits per heavy atom. The van der Waals surface area contributed by atoms with Gasteiger partial charge in [0.1, 0.15) is 24.4 Å². The monoisotopic (exact) mass is 756 g/mol. The number of methoxy groups -OCH3 is 2. The molecule has 5 aliphatic carbocycles. The minimum atomic E-state index is -1.27. The highest BCUT2D eigenvalue weighted by molar-refractivity contribution is 5.21. The molecule has 306 valence electrons. The molecule has 1 aliphatic heterocycles. The van der Waals surface area contributed by atoms with Gasteiger partial charge in [0.05, 0.1) is 48.8 Å². The first-order valence-corrected chi connectivity index (χ1v) is 20.1. The van der Waals surface area contributed by atoms with Gasteiger partial charge in [0.15, 0.2) is 6.29 Å². The van der Waals surface area contributed by atoms with Crippen molar-refractivity contribution in [2.45, 2.75) is 152 Å². The largest absolute Gasteiger partial charge is 0.396 e. The standard InChI is InChI=1S/C40H68O13/c1-20(18-51-27-14-22(17-41)31(45)34(27)53-37-35(50-6)33(47)28(49-5)19-52-37)8-7-9-21(2)23-15-25(43)36-38(23,3)13-11-29-39(4)12-10-24(42)32(46)30(39)26(44)16-40(29,36)48/h7,9,20-37,41-48H,8,10-19H2,1-6H3. The van der Waals surface area contributed by atoms with Crippen LogP contribution >= 0.6 is 0 Å². The Kier molecular flexibility index (Phi) is 12.8. The second kappa shape index (κ2) is 16.2. The Labute approximate surface area is 314 Å². The van der Waals surface area contributed by atoms with Crippen LogP contribution in [0, 0.1) is 52.3 Å². The van der Waals surface area contributed by atoms with Gasteiger partial charge in [-0.2, -0.15) is 0 Å². The Hall–Kier alpha value is -0.780. The number of hydrogen-bond donors (Lipinski definition) is 8. The van der Waals surface area contributed by atoms with Gasteiger partial charge in [0, 0.05) is 51.6 Å². The topological polar surface area (TPSA) is 208 Å². The Bertz CT molecular complexity index is 1250. The summed E-state index contributed by atoms with van der Waals surface area (Å²) in [5.74, 6) is -1.15. The highest BCUT2D eigenvalue weighted by Crippen LogP contribution is 2.69. The van der Waals surface area contributed by atoms with E-state index in [0.29, 0.717) is 32.3 Å². The number of allylic oxidation sites excluding steroid dienone is 2. The van der Waals surface area contributed by atoms with Crippen LogP contribution in [-0.4, -0.2) is 148 Å². The molecule has 8 N–H and O–H groups in total. The predicted octanol–water partition coefficient (Wildman–Crippen LogP) is 1.14. The molecule has 6 fully saturated rings. The molecule has 0 amide bonds. The van der Waals surface area contributed by atoms with E-state index < -0.39 is 96.1 Å². The fourth-order valence-corrected chi connectivity index (χ4v) is 12.5. The van der Waals surface area contributed by atoms with Gasteiger partial charge in [-0.25, -0.2) is 0 Å². The van der Waals surface area contributed by atoms with Gasteiger partial charge in [0.2, 0.25) is 0 Å². The molecule has 0 aromatic heterocycles. The summed E-state index contributed by atoms with van der Waals surface area (Å²) in [5.41, 5.74) is -2.15. The molecule has 6 aliphatic rings. The Morgan fingerprint density at radius 3 is 2.23 bits per heavy atom. The van der Waals surface area contributed by atoms with Crippen molar-refractivity contribution in [3.05, 3.63) is 12.2 Å². The van der Waals surface area contributed by atoms with Crippen molar-refractivity contribution in [3.8, 4) is 0 Å². The molecule has 0 bridgehead atoms.